The van der Waals surface area contributed by atoms with Crippen LogP contribution in [0.1, 0.15) is 36.8 Å². The first-order chi connectivity index (χ1) is 26.8. The molecule has 6 rings (SSSR count). The number of phenolic OH excluding ortho intramolecular Hbond substituents is 1. The number of aromatic hydroxyl groups is 1. The molecule has 0 amide bonds. The highest BCUT2D eigenvalue weighted by atomic mass is 16.5. The third-order valence-electron chi connectivity index (χ3n) is 7.69. The number of aliphatic carboxylic acids is 2. The van der Waals surface area contributed by atoms with Crippen LogP contribution in [0.5, 0.6) is 11.5 Å². The summed E-state index contributed by atoms with van der Waals surface area (Å²) in [5.41, 5.74) is 6.68. The van der Waals surface area contributed by atoms with Crippen molar-refractivity contribution in [3.05, 3.63) is 193 Å². The number of carboxylic acids is 2. The first-order valence-corrected chi connectivity index (χ1v) is 18.0. The third-order valence-corrected chi connectivity index (χ3v) is 7.69. The third kappa shape index (κ3) is 19.1. The number of carbonyl (C=O) groups is 2. The fourth-order valence-electron chi connectivity index (χ4n) is 4.88. The number of benzene rings is 6. The smallest absolute Gasteiger partial charge is 0.328 e. The Balaban J connectivity index is 0.000000201. The van der Waals surface area contributed by atoms with E-state index >= 15 is 0 Å². The molecule has 0 aliphatic heterocycles. The zero-order valence-electron chi connectivity index (χ0n) is 30.7. The largest absolute Gasteiger partial charge is 0.508 e. The summed E-state index contributed by atoms with van der Waals surface area (Å²) in [6, 6.07) is 55.1. The van der Waals surface area contributed by atoms with Crippen LogP contribution < -0.4 is 4.74 Å². The van der Waals surface area contributed by atoms with E-state index in [1.165, 1.54) is 40.5 Å². The van der Waals surface area contributed by atoms with E-state index in [0.717, 1.165) is 54.7 Å². The standard InChI is InChI=1S/C15H20O4.2C12H10.C9H8O3/c16-11-3-1-2-4-12-19-14-8-5-13(6-9-14)7-10-15(17)18;2*1-3-7-11(8-4-1)12-9-5-2-6-10-12;10-8-4-1-7(2-5-8)3-6-9(11)12/h5-10,16H,1-4,11-12H2,(H,17,18);2*1-10H;1-6,10H,(H,11,12). The second-order valence-corrected chi connectivity index (χ2v) is 12.0. The van der Waals surface area contributed by atoms with Crippen molar-refractivity contribution in [1.29, 1.82) is 0 Å². The van der Waals surface area contributed by atoms with Crippen molar-refractivity contribution < 1.29 is 34.8 Å². The molecule has 0 radical (unpaired) electrons. The topological polar surface area (TPSA) is 124 Å². The minimum atomic E-state index is -0.983. The Morgan fingerprint density at radius 3 is 1.15 bits per heavy atom. The Kier molecular flexibility index (Phi) is 20.3. The van der Waals surface area contributed by atoms with E-state index in [1.54, 1.807) is 18.2 Å². The van der Waals surface area contributed by atoms with Gasteiger partial charge in [0, 0.05) is 18.8 Å². The number of carboxylic acid groups (broad SMARTS) is 2. The summed E-state index contributed by atoms with van der Waals surface area (Å²) < 4.78 is 5.56. The van der Waals surface area contributed by atoms with Crippen molar-refractivity contribution in [3.8, 4) is 33.8 Å². The Morgan fingerprint density at radius 2 is 0.800 bits per heavy atom. The molecule has 7 heteroatoms. The van der Waals surface area contributed by atoms with Gasteiger partial charge in [-0.05, 0) is 89.1 Å². The molecule has 0 fully saturated rings. The van der Waals surface area contributed by atoms with Gasteiger partial charge in [0.15, 0.2) is 0 Å². The Bertz CT molecular complexity index is 1810. The number of unbranched alkanes of at least 4 members (excludes halogenated alkanes) is 3. The predicted octanol–water partition coefficient (Wildman–Crippen LogP) is 10.9. The molecular formula is C48H48O7. The SMILES string of the molecule is O=C(O)C=Cc1ccc(O)cc1.O=C(O)C=Cc1ccc(OCCCCCCO)cc1.c1ccc(-c2ccccc2)cc1.c1ccc(-c2ccccc2)cc1. The summed E-state index contributed by atoms with van der Waals surface area (Å²) in [5.74, 6) is -0.983. The number of ether oxygens (including phenoxy) is 1. The molecule has 0 saturated carbocycles. The minimum absolute atomic E-state index is 0.169. The zero-order chi connectivity index (χ0) is 39.4. The van der Waals surface area contributed by atoms with Gasteiger partial charge in [-0.2, -0.15) is 0 Å². The van der Waals surface area contributed by atoms with E-state index in [9.17, 15) is 9.59 Å². The quantitative estimate of drug-likeness (QED) is 0.0687. The van der Waals surface area contributed by atoms with Gasteiger partial charge < -0.3 is 25.2 Å². The summed E-state index contributed by atoms with van der Waals surface area (Å²) in [6.45, 7) is 0.919. The fraction of sp³-hybridized carbons (Fsp3) is 0.125. The van der Waals surface area contributed by atoms with Crippen LogP contribution in [-0.4, -0.2) is 45.6 Å². The van der Waals surface area contributed by atoms with Crippen LogP contribution >= 0.6 is 0 Å². The van der Waals surface area contributed by atoms with Crippen LogP contribution in [0.25, 0.3) is 34.4 Å². The van der Waals surface area contributed by atoms with Gasteiger partial charge in [-0.3, -0.25) is 0 Å². The highest BCUT2D eigenvalue weighted by Crippen LogP contribution is 2.18. The van der Waals surface area contributed by atoms with Gasteiger partial charge in [-0.1, -0.05) is 152 Å². The summed E-state index contributed by atoms with van der Waals surface area (Å²) in [6.07, 6.45) is 9.07. The Labute approximate surface area is 323 Å². The van der Waals surface area contributed by atoms with Crippen molar-refractivity contribution in [2.45, 2.75) is 25.7 Å². The van der Waals surface area contributed by atoms with Crippen LogP contribution in [0.3, 0.4) is 0 Å². The second kappa shape index (κ2) is 26.1. The normalized spacial score (nSPS) is 10.2. The van der Waals surface area contributed by atoms with Crippen molar-refractivity contribution in [2.75, 3.05) is 13.2 Å². The summed E-state index contributed by atoms with van der Waals surface area (Å²) >= 11 is 0. The summed E-state index contributed by atoms with van der Waals surface area (Å²) in [5, 5.41) is 34.3. The molecular weight excluding hydrogens is 689 g/mol. The first kappa shape index (κ1) is 42.7. The summed E-state index contributed by atoms with van der Waals surface area (Å²) in [7, 11) is 0. The van der Waals surface area contributed by atoms with Crippen LogP contribution in [0, 0.1) is 0 Å². The van der Waals surface area contributed by atoms with Crippen molar-refractivity contribution >= 4 is 24.1 Å². The Morgan fingerprint density at radius 1 is 0.455 bits per heavy atom. The van der Waals surface area contributed by atoms with Gasteiger partial charge in [0.1, 0.15) is 11.5 Å². The van der Waals surface area contributed by atoms with Gasteiger partial charge >= 0.3 is 11.9 Å². The number of hydrogen-bond donors (Lipinski definition) is 4. The molecule has 4 N–H and O–H groups in total. The number of aliphatic hydroxyl groups is 1. The fourth-order valence-corrected chi connectivity index (χ4v) is 4.88. The zero-order valence-corrected chi connectivity index (χ0v) is 30.7. The molecule has 0 atom stereocenters. The van der Waals surface area contributed by atoms with Crippen LogP contribution in [-0.2, 0) is 9.59 Å². The minimum Gasteiger partial charge on any atom is -0.508 e. The molecule has 55 heavy (non-hydrogen) atoms. The molecule has 6 aromatic rings. The average molecular weight is 737 g/mol. The molecule has 7 nitrogen and oxygen atoms in total. The lowest BCUT2D eigenvalue weighted by molar-refractivity contribution is -0.132. The molecule has 0 aliphatic rings. The molecule has 0 unspecified atom stereocenters. The number of aliphatic hydroxyl groups excluding tert-OH is 1. The van der Waals surface area contributed by atoms with Crippen molar-refractivity contribution in [1.82, 2.24) is 0 Å². The van der Waals surface area contributed by atoms with Crippen LogP contribution in [0.4, 0.5) is 0 Å². The molecule has 0 spiro atoms. The number of rotatable bonds is 13. The van der Waals surface area contributed by atoms with E-state index in [0.29, 0.717) is 6.61 Å². The Hall–Kier alpha value is -6.70. The lowest BCUT2D eigenvalue weighted by Crippen LogP contribution is -1.97. The highest BCUT2D eigenvalue weighted by Gasteiger charge is 1.96. The molecule has 0 bridgehead atoms. The molecule has 282 valence electrons. The van der Waals surface area contributed by atoms with E-state index < -0.39 is 11.9 Å². The average Bonchev–Trinajstić information content (AvgIpc) is 3.23. The predicted molar refractivity (Wildman–Crippen MR) is 223 cm³/mol. The molecule has 0 saturated heterocycles. The molecule has 6 aromatic carbocycles. The number of hydrogen-bond acceptors (Lipinski definition) is 5. The molecule has 0 aliphatic carbocycles. The molecule has 0 heterocycles. The summed E-state index contributed by atoms with van der Waals surface area (Å²) in [4.78, 5) is 20.5. The van der Waals surface area contributed by atoms with Gasteiger partial charge in [0.25, 0.3) is 0 Å². The monoisotopic (exact) mass is 736 g/mol. The lowest BCUT2D eigenvalue weighted by Gasteiger charge is -2.06. The molecule has 0 aromatic heterocycles. The van der Waals surface area contributed by atoms with Gasteiger partial charge in [-0.25, -0.2) is 9.59 Å². The van der Waals surface area contributed by atoms with Crippen LogP contribution in [0.15, 0.2) is 182 Å². The van der Waals surface area contributed by atoms with Crippen LogP contribution in [0.2, 0.25) is 0 Å². The van der Waals surface area contributed by atoms with E-state index in [2.05, 4.69) is 97.1 Å². The second-order valence-electron chi connectivity index (χ2n) is 12.0. The van der Waals surface area contributed by atoms with Gasteiger partial charge in [-0.15, -0.1) is 0 Å². The van der Waals surface area contributed by atoms with Crippen molar-refractivity contribution in [3.63, 3.8) is 0 Å². The highest BCUT2D eigenvalue weighted by molar-refractivity contribution is 5.85. The maximum atomic E-state index is 10.4. The van der Waals surface area contributed by atoms with Gasteiger partial charge in [0.2, 0.25) is 0 Å². The van der Waals surface area contributed by atoms with Crippen molar-refractivity contribution in [2.24, 2.45) is 0 Å². The first-order valence-electron chi connectivity index (χ1n) is 18.0. The maximum absolute atomic E-state index is 10.4. The van der Waals surface area contributed by atoms with Gasteiger partial charge in [0.05, 0.1) is 6.61 Å². The maximum Gasteiger partial charge on any atom is 0.328 e. The van der Waals surface area contributed by atoms with E-state index in [-0.39, 0.29) is 12.4 Å². The van der Waals surface area contributed by atoms with E-state index in [4.69, 9.17) is 25.2 Å². The van der Waals surface area contributed by atoms with E-state index in [1.807, 2.05) is 48.5 Å². The number of phenols is 1. The lowest BCUT2D eigenvalue weighted by atomic mass is 10.1.